The van der Waals surface area contributed by atoms with Gasteiger partial charge in [-0.3, -0.25) is 37.3 Å². The molecule has 0 amide bonds. The van der Waals surface area contributed by atoms with Gasteiger partial charge in [0.25, 0.3) is 0 Å². The van der Waals surface area contributed by atoms with Crippen molar-refractivity contribution in [3.63, 3.8) is 0 Å². The fraction of sp³-hybridized carbons (Fsp3) is 0.877. The summed E-state index contributed by atoms with van der Waals surface area (Å²) >= 11 is 0. The zero-order valence-electron chi connectivity index (χ0n) is 64.4. The highest BCUT2D eigenvalue weighted by atomic mass is 31.2. The lowest BCUT2D eigenvalue weighted by Crippen LogP contribution is -2.30. The quantitative estimate of drug-likeness (QED) is 0.0169. The Morgan fingerprint density at radius 2 is 0.460 bits per heavy atom. The Kier molecular flexibility index (Phi) is 72.5. The number of esters is 4. The summed E-state index contributed by atoms with van der Waals surface area (Å²) in [6.07, 6.45) is 71.1. The van der Waals surface area contributed by atoms with Crippen molar-refractivity contribution in [2.45, 2.75) is 418 Å². The molecule has 0 heterocycles. The highest BCUT2D eigenvalue weighted by Crippen LogP contribution is 2.45. The number of aliphatic hydroxyl groups excluding tert-OH is 1. The second-order valence-electron chi connectivity index (χ2n) is 28.1. The number of phosphoric acid groups is 2. The molecular weight excluding hydrogens is 1310 g/mol. The number of carbonyl (C=O) groups is 4. The van der Waals surface area contributed by atoms with E-state index in [-0.39, 0.29) is 25.7 Å². The number of rotatable bonds is 79. The molecule has 0 bridgehead atoms. The summed E-state index contributed by atoms with van der Waals surface area (Å²) in [5, 5.41) is 10.6. The maximum Gasteiger partial charge on any atom is 0.472 e. The van der Waals surface area contributed by atoms with Crippen molar-refractivity contribution in [3.05, 3.63) is 36.5 Å². The molecule has 0 fully saturated rings. The SMILES string of the molecule is CCCCCC/C=C\CCCCCCCCCC(=O)OC[C@H](COP(=O)(O)OC[C@H](O)COP(=O)(O)OC[C@@H](COC(=O)CCCCCCC/C=C\CCCCCCCC)OC(=O)CCCCCCCCCCCCCCCCC)OC(=O)CCCCCCC/C=C\CCCCCCCC. The molecule has 0 aromatic heterocycles. The first-order valence-electron chi connectivity index (χ1n) is 41.2. The molecule has 0 aromatic carbocycles. The van der Waals surface area contributed by atoms with E-state index in [1.54, 1.807) is 0 Å². The van der Waals surface area contributed by atoms with Crippen LogP contribution in [0, 0.1) is 0 Å². The van der Waals surface area contributed by atoms with Crippen LogP contribution in [0.15, 0.2) is 36.5 Å². The monoisotopic (exact) mass is 1460 g/mol. The standard InChI is InChI=1S/C81H152O17P2/c1-5-9-13-17-21-25-29-33-37-41-45-49-53-57-61-65-78(83)91-71-76(97-80(85)67-63-59-55-51-47-43-39-35-31-27-23-19-15-11-7-3)73-95-99(87,88)93-69-75(82)70-94-100(89,90)96-74-77(98-81(86)68-64-60-56-52-48-44-40-36-32-28-24-20-16-12-8-4)72-92-79(84)66-62-58-54-50-46-42-38-34-30-26-22-18-14-10-6-2/h25,29,34-35,38-39,75-77,82H,5-24,26-28,30-33,36-37,40-74H2,1-4H3,(H,87,88)(H,89,90)/b29-25-,38-34-,39-35-/t75-,76+,77+/m0/s1. The highest BCUT2D eigenvalue weighted by molar-refractivity contribution is 7.47. The lowest BCUT2D eigenvalue weighted by Gasteiger charge is -2.21. The Labute approximate surface area is 611 Å². The highest BCUT2D eigenvalue weighted by Gasteiger charge is 2.30. The van der Waals surface area contributed by atoms with Crippen molar-refractivity contribution in [2.24, 2.45) is 0 Å². The minimum absolute atomic E-state index is 0.0907. The molecule has 0 spiro atoms. The lowest BCUT2D eigenvalue weighted by molar-refractivity contribution is -0.161. The molecule has 0 aliphatic carbocycles. The first-order valence-corrected chi connectivity index (χ1v) is 44.2. The summed E-state index contributed by atoms with van der Waals surface area (Å²) in [6.45, 7) is 4.94. The number of carbonyl (C=O) groups excluding carboxylic acids is 4. The predicted molar refractivity (Wildman–Crippen MR) is 409 cm³/mol. The van der Waals surface area contributed by atoms with Crippen molar-refractivity contribution in [1.29, 1.82) is 0 Å². The van der Waals surface area contributed by atoms with Gasteiger partial charge in [0.15, 0.2) is 12.2 Å². The second-order valence-corrected chi connectivity index (χ2v) is 31.0. The minimum atomic E-state index is -4.97. The van der Waals surface area contributed by atoms with Crippen LogP contribution in [0.5, 0.6) is 0 Å². The summed E-state index contributed by atoms with van der Waals surface area (Å²) in [4.78, 5) is 73.0. The fourth-order valence-electron chi connectivity index (χ4n) is 11.7. The van der Waals surface area contributed by atoms with Gasteiger partial charge in [0.1, 0.15) is 19.3 Å². The summed E-state index contributed by atoms with van der Waals surface area (Å²) < 4.78 is 68.7. The van der Waals surface area contributed by atoms with Crippen LogP contribution in [0.2, 0.25) is 0 Å². The van der Waals surface area contributed by atoms with Crippen LogP contribution in [0.1, 0.15) is 400 Å². The molecule has 0 radical (unpaired) electrons. The predicted octanol–water partition coefficient (Wildman–Crippen LogP) is 23.9. The van der Waals surface area contributed by atoms with Crippen LogP contribution in [0.3, 0.4) is 0 Å². The number of aliphatic hydroxyl groups is 1. The molecule has 2 unspecified atom stereocenters. The molecule has 0 aliphatic rings. The van der Waals surface area contributed by atoms with Crippen molar-refractivity contribution in [2.75, 3.05) is 39.6 Å². The van der Waals surface area contributed by atoms with Gasteiger partial charge in [0.2, 0.25) is 0 Å². The van der Waals surface area contributed by atoms with Gasteiger partial charge in [0.05, 0.1) is 26.4 Å². The zero-order chi connectivity index (χ0) is 73.2. The van der Waals surface area contributed by atoms with Gasteiger partial charge in [-0.05, 0) is 103 Å². The maximum absolute atomic E-state index is 13.1. The number of hydrogen-bond acceptors (Lipinski definition) is 15. The van der Waals surface area contributed by atoms with Crippen molar-refractivity contribution in [1.82, 2.24) is 0 Å². The molecular formula is C81H152O17P2. The first-order chi connectivity index (χ1) is 48.7. The minimum Gasteiger partial charge on any atom is -0.462 e. The van der Waals surface area contributed by atoms with Crippen LogP contribution < -0.4 is 0 Å². The lowest BCUT2D eigenvalue weighted by atomic mass is 10.0. The molecule has 588 valence electrons. The summed E-state index contributed by atoms with van der Waals surface area (Å²) in [5.74, 6) is -2.15. The van der Waals surface area contributed by atoms with Crippen LogP contribution in [-0.4, -0.2) is 96.7 Å². The molecule has 3 N–H and O–H groups in total. The van der Waals surface area contributed by atoms with E-state index < -0.39 is 97.5 Å². The Morgan fingerprint density at radius 1 is 0.270 bits per heavy atom. The Balaban J connectivity index is 5.32. The van der Waals surface area contributed by atoms with Gasteiger partial charge >= 0.3 is 39.5 Å². The van der Waals surface area contributed by atoms with Crippen molar-refractivity contribution >= 4 is 39.5 Å². The third-order valence-electron chi connectivity index (χ3n) is 18.1. The largest absolute Gasteiger partial charge is 0.472 e. The number of unbranched alkanes of at least 4 members (excludes halogenated alkanes) is 47. The average molecular weight is 1460 g/mol. The van der Waals surface area contributed by atoms with Gasteiger partial charge < -0.3 is 33.8 Å². The van der Waals surface area contributed by atoms with Gasteiger partial charge in [-0.25, -0.2) is 9.13 Å². The van der Waals surface area contributed by atoms with E-state index in [1.165, 1.54) is 180 Å². The van der Waals surface area contributed by atoms with Gasteiger partial charge in [-0.1, -0.05) is 308 Å². The van der Waals surface area contributed by atoms with Crippen LogP contribution in [0.25, 0.3) is 0 Å². The molecule has 19 heteroatoms. The van der Waals surface area contributed by atoms with E-state index in [9.17, 15) is 43.2 Å². The van der Waals surface area contributed by atoms with Crippen molar-refractivity contribution in [3.8, 4) is 0 Å². The van der Waals surface area contributed by atoms with E-state index in [4.69, 9.17) is 37.0 Å². The molecule has 0 saturated carbocycles. The van der Waals surface area contributed by atoms with Crippen LogP contribution >= 0.6 is 15.6 Å². The molecule has 0 saturated heterocycles. The van der Waals surface area contributed by atoms with Gasteiger partial charge in [-0.2, -0.15) is 0 Å². The topological polar surface area (TPSA) is 237 Å². The number of phosphoric ester groups is 2. The first kappa shape index (κ1) is 97.3. The third kappa shape index (κ3) is 73.6. The molecule has 0 rings (SSSR count). The van der Waals surface area contributed by atoms with E-state index in [1.807, 2.05) is 0 Å². The Hall–Kier alpha value is -2.72. The van der Waals surface area contributed by atoms with Gasteiger partial charge in [-0.15, -0.1) is 0 Å². The van der Waals surface area contributed by atoms with Gasteiger partial charge in [0, 0.05) is 25.7 Å². The van der Waals surface area contributed by atoms with E-state index >= 15 is 0 Å². The smallest absolute Gasteiger partial charge is 0.462 e. The van der Waals surface area contributed by atoms with E-state index in [2.05, 4.69) is 64.2 Å². The summed E-state index contributed by atoms with van der Waals surface area (Å²) in [6, 6.07) is 0. The normalized spacial score (nSPS) is 14.0. The molecule has 0 aliphatic heterocycles. The average Bonchev–Trinajstić information content (AvgIpc) is 1.01. The van der Waals surface area contributed by atoms with E-state index in [0.717, 1.165) is 141 Å². The van der Waals surface area contributed by atoms with Crippen LogP contribution in [-0.2, 0) is 65.4 Å². The number of allylic oxidation sites excluding steroid dienone is 6. The molecule has 100 heavy (non-hydrogen) atoms. The number of hydrogen-bond donors (Lipinski definition) is 3. The Morgan fingerprint density at radius 3 is 0.700 bits per heavy atom. The third-order valence-corrected chi connectivity index (χ3v) is 20.0. The molecule has 17 nitrogen and oxygen atoms in total. The van der Waals surface area contributed by atoms with E-state index in [0.29, 0.717) is 25.7 Å². The fourth-order valence-corrected chi connectivity index (χ4v) is 13.3. The maximum atomic E-state index is 13.1. The summed E-state index contributed by atoms with van der Waals surface area (Å²) in [7, 11) is -9.94. The van der Waals surface area contributed by atoms with Crippen LogP contribution in [0.4, 0.5) is 0 Å². The molecule has 5 atom stereocenters. The molecule has 0 aromatic rings. The zero-order valence-corrected chi connectivity index (χ0v) is 66.2. The number of ether oxygens (including phenoxy) is 4. The summed E-state index contributed by atoms with van der Waals surface area (Å²) in [5.41, 5.74) is 0. The second kappa shape index (κ2) is 74.5. The Bertz CT molecular complexity index is 2040. The van der Waals surface area contributed by atoms with Crippen molar-refractivity contribution < 1.29 is 80.2 Å².